The van der Waals surface area contributed by atoms with Crippen molar-refractivity contribution >= 4 is 35.6 Å². The van der Waals surface area contributed by atoms with Crippen molar-refractivity contribution in [1.29, 1.82) is 0 Å². The van der Waals surface area contributed by atoms with Crippen LogP contribution < -0.4 is 33.6 Å². The van der Waals surface area contributed by atoms with Crippen molar-refractivity contribution < 1.29 is 34.2 Å². The van der Waals surface area contributed by atoms with E-state index < -0.39 is 60.2 Å². The Kier molecular flexibility index (Phi) is 11.5. The normalized spacial score (nSPS) is 16.9. The van der Waals surface area contributed by atoms with E-state index in [0.717, 1.165) is 0 Å². The Morgan fingerprint density at radius 3 is 2.31 bits per heavy atom. The molecule has 15 nitrogen and oxygen atoms in total. The third kappa shape index (κ3) is 9.77. The van der Waals surface area contributed by atoms with Crippen molar-refractivity contribution in [3.8, 4) is 5.75 Å². The predicted molar refractivity (Wildman–Crippen MR) is 140 cm³/mol. The van der Waals surface area contributed by atoms with Gasteiger partial charge in [0.05, 0.1) is 12.5 Å². The van der Waals surface area contributed by atoms with Crippen molar-refractivity contribution in [2.24, 2.45) is 27.9 Å². The van der Waals surface area contributed by atoms with Gasteiger partial charge in [0.2, 0.25) is 23.6 Å². The maximum absolute atomic E-state index is 13.1. The molecule has 0 aliphatic carbocycles. The van der Waals surface area contributed by atoms with Crippen LogP contribution in [0.3, 0.4) is 0 Å². The summed E-state index contributed by atoms with van der Waals surface area (Å²) in [6, 6.07) is 1.05. The molecule has 1 aromatic carbocycles. The maximum atomic E-state index is 13.1. The highest BCUT2D eigenvalue weighted by atomic mass is 16.4. The predicted octanol–water partition coefficient (Wildman–Crippen LogP) is -2.76. The third-order valence-corrected chi connectivity index (χ3v) is 6.15. The van der Waals surface area contributed by atoms with Gasteiger partial charge in [0.25, 0.3) is 0 Å². The second-order valence-electron chi connectivity index (χ2n) is 9.25. The van der Waals surface area contributed by atoms with Gasteiger partial charge in [-0.3, -0.25) is 24.2 Å². The number of benzene rings is 1. The van der Waals surface area contributed by atoms with Crippen molar-refractivity contribution in [2.75, 3.05) is 13.1 Å². The minimum Gasteiger partial charge on any atom is -0.508 e. The van der Waals surface area contributed by atoms with E-state index in [9.17, 15) is 34.2 Å². The number of aliphatic imine (C=N–C) groups is 1. The van der Waals surface area contributed by atoms with Crippen molar-refractivity contribution in [3.63, 3.8) is 0 Å². The lowest BCUT2D eigenvalue weighted by Gasteiger charge is -2.28. The number of phenolic OH excluding ortho intramolecular Hbond substituents is 1. The number of nitrogens with one attached hydrogen (secondary N) is 2. The number of guanidine groups is 1. The van der Waals surface area contributed by atoms with Crippen LogP contribution in [0.25, 0.3) is 0 Å². The van der Waals surface area contributed by atoms with E-state index in [4.69, 9.17) is 22.9 Å². The van der Waals surface area contributed by atoms with E-state index >= 15 is 0 Å². The molecule has 1 aromatic rings. The van der Waals surface area contributed by atoms with Crippen molar-refractivity contribution in [3.05, 3.63) is 29.8 Å². The molecule has 0 bridgehead atoms. The van der Waals surface area contributed by atoms with Crippen LogP contribution in [0.4, 0.5) is 0 Å². The van der Waals surface area contributed by atoms with Crippen LogP contribution in [0, 0.1) is 0 Å². The Labute approximate surface area is 225 Å². The molecular weight excluding hydrogens is 512 g/mol. The highest BCUT2D eigenvalue weighted by Crippen LogP contribution is 2.20. The molecular formula is C24H36N8O7. The first-order valence-electron chi connectivity index (χ1n) is 12.4. The van der Waals surface area contributed by atoms with Gasteiger partial charge in [-0.25, -0.2) is 4.79 Å². The molecule has 1 heterocycles. The van der Waals surface area contributed by atoms with E-state index in [1.165, 1.54) is 29.2 Å². The minimum absolute atomic E-state index is 0.00904. The quantitative estimate of drug-likeness (QED) is 0.0673. The van der Waals surface area contributed by atoms with Crippen molar-refractivity contribution in [1.82, 2.24) is 15.5 Å². The molecule has 39 heavy (non-hydrogen) atoms. The molecule has 1 aliphatic rings. The van der Waals surface area contributed by atoms with Gasteiger partial charge in [0, 0.05) is 19.5 Å². The lowest BCUT2D eigenvalue weighted by Crippen LogP contribution is -2.57. The Morgan fingerprint density at radius 1 is 1.05 bits per heavy atom. The largest absolute Gasteiger partial charge is 0.508 e. The molecule has 4 atom stereocenters. The summed E-state index contributed by atoms with van der Waals surface area (Å²) in [5.41, 5.74) is 22.3. The van der Waals surface area contributed by atoms with Gasteiger partial charge < -0.3 is 48.7 Å². The van der Waals surface area contributed by atoms with Crippen LogP contribution >= 0.6 is 0 Å². The van der Waals surface area contributed by atoms with Crippen LogP contribution in [-0.2, 0) is 30.4 Å². The Morgan fingerprint density at radius 2 is 1.72 bits per heavy atom. The van der Waals surface area contributed by atoms with Gasteiger partial charge in [0.1, 0.15) is 23.9 Å². The molecule has 0 spiro atoms. The number of phenols is 1. The van der Waals surface area contributed by atoms with E-state index in [1.807, 2.05) is 0 Å². The summed E-state index contributed by atoms with van der Waals surface area (Å²) in [4.78, 5) is 67.5. The zero-order chi connectivity index (χ0) is 29.1. The average Bonchev–Trinajstić information content (AvgIpc) is 3.36. The minimum atomic E-state index is -1.47. The summed E-state index contributed by atoms with van der Waals surface area (Å²) in [5, 5.41) is 23.8. The summed E-state index contributed by atoms with van der Waals surface area (Å²) >= 11 is 0. The molecule has 1 fully saturated rings. The number of carboxylic acid groups (broad SMARTS) is 1. The number of carbonyl (C=O) groups excluding carboxylic acids is 4. The average molecular weight is 549 g/mol. The number of aliphatic carboxylic acids is 1. The third-order valence-electron chi connectivity index (χ3n) is 6.15. The smallest absolute Gasteiger partial charge is 0.326 e. The van der Waals surface area contributed by atoms with Gasteiger partial charge in [-0.05, 0) is 43.4 Å². The Balaban J connectivity index is 2.06. The van der Waals surface area contributed by atoms with E-state index in [1.54, 1.807) is 0 Å². The molecule has 1 aliphatic heterocycles. The van der Waals surface area contributed by atoms with Crippen LogP contribution in [-0.4, -0.2) is 87.9 Å². The zero-order valence-electron chi connectivity index (χ0n) is 21.4. The first-order chi connectivity index (χ1) is 18.4. The number of rotatable bonds is 14. The fourth-order valence-corrected chi connectivity index (χ4v) is 4.18. The van der Waals surface area contributed by atoms with E-state index in [2.05, 4.69) is 15.6 Å². The lowest BCUT2D eigenvalue weighted by atomic mass is 10.0. The number of nitrogens with zero attached hydrogens (tertiary/aromatic N) is 2. The molecule has 1 saturated heterocycles. The monoisotopic (exact) mass is 548 g/mol. The van der Waals surface area contributed by atoms with E-state index in [-0.39, 0.29) is 31.1 Å². The number of amides is 4. The zero-order valence-corrected chi connectivity index (χ0v) is 21.4. The SMILES string of the molecule is NC(=O)CC(NC(=O)C1CCCN1C(=O)C(N)CCCN=C(N)N)C(=O)NC(Cc1ccc(O)cc1)C(=O)O. The number of likely N-dealkylation sites (tertiary alicyclic amines) is 1. The summed E-state index contributed by atoms with van der Waals surface area (Å²) in [6.45, 7) is 0.570. The number of primary amides is 1. The number of hydrogen-bond acceptors (Lipinski definition) is 8. The molecule has 214 valence electrons. The summed E-state index contributed by atoms with van der Waals surface area (Å²) in [6.07, 6.45) is 0.849. The Hall–Kier alpha value is -4.40. The van der Waals surface area contributed by atoms with Crippen LogP contribution in [0.15, 0.2) is 29.3 Å². The van der Waals surface area contributed by atoms with Gasteiger partial charge in [-0.1, -0.05) is 12.1 Å². The maximum Gasteiger partial charge on any atom is 0.326 e. The van der Waals surface area contributed by atoms with Crippen molar-refractivity contribution in [2.45, 2.75) is 62.7 Å². The standard InChI is InChI=1S/C24H36N8O7/c25-15(3-1-9-29-24(27)28)22(37)32-10-2-4-18(32)21(36)30-16(12-19(26)34)20(35)31-17(23(38)39)11-13-5-7-14(33)8-6-13/h5-8,15-18,33H,1-4,9-12,25H2,(H2,26,34)(H,30,36)(H,31,35)(H,38,39)(H4,27,28,29). The molecule has 4 unspecified atom stereocenters. The fraction of sp³-hybridized carbons (Fsp3) is 0.500. The molecule has 12 N–H and O–H groups in total. The molecule has 4 amide bonds. The van der Waals surface area contributed by atoms with Crippen LogP contribution in [0.5, 0.6) is 5.75 Å². The number of carbonyl (C=O) groups is 5. The highest BCUT2D eigenvalue weighted by Gasteiger charge is 2.38. The van der Waals surface area contributed by atoms with Gasteiger partial charge in [0.15, 0.2) is 5.96 Å². The Bertz CT molecular complexity index is 1070. The second kappa shape index (κ2) is 14.5. The first kappa shape index (κ1) is 30.8. The van der Waals surface area contributed by atoms with Crippen LogP contribution in [0.2, 0.25) is 0 Å². The summed E-state index contributed by atoms with van der Waals surface area (Å²) in [7, 11) is 0. The molecule has 2 rings (SSSR count). The fourth-order valence-electron chi connectivity index (χ4n) is 4.18. The number of aromatic hydroxyl groups is 1. The topological polar surface area (TPSA) is 270 Å². The summed E-state index contributed by atoms with van der Waals surface area (Å²) in [5.74, 6) is -4.40. The van der Waals surface area contributed by atoms with E-state index in [0.29, 0.717) is 31.4 Å². The molecule has 0 aromatic heterocycles. The van der Waals surface area contributed by atoms with Crippen LogP contribution in [0.1, 0.15) is 37.7 Å². The molecule has 0 saturated carbocycles. The van der Waals surface area contributed by atoms with Gasteiger partial charge in [-0.15, -0.1) is 0 Å². The van der Waals surface area contributed by atoms with Gasteiger partial charge >= 0.3 is 5.97 Å². The highest BCUT2D eigenvalue weighted by molar-refractivity contribution is 5.96. The first-order valence-corrected chi connectivity index (χ1v) is 12.4. The molecule has 0 radical (unpaired) electrons. The summed E-state index contributed by atoms with van der Waals surface area (Å²) < 4.78 is 0. The second-order valence-corrected chi connectivity index (χ2v) is 9.25. The lowest BCUT2D eigenvalue weighted by molar-refractivity contribution is -0.143. The number of nitrogens with two attached hydrogens (primary N) is 4. The molecule has 15 heteroatoms. The van der Waals surface area contributed by atoms with Gasteiger partial charge in [-0.2, -0.15) is 0 Å². The number of carboxylic acids is 1. The number of hydrogen-bond donors (Lipinski definition) is 8.